The van der Waals surface area contributed by atoms with E-state index in [1.165, 1.54) is 0 Å². The molecule has 0 aliphatic heterocycles. The van der Waals surface area contributed by atoms with E-state index in [-0.39, 0.29) is 5.91 Å². The van der Waals surface area contributed by atoms with Gasteiger partial charge in [0.1, 0.15) is 0 Å². The molecule has 0 bridgehead atoms. The van der Waals surface area contributed by atoms with E-state index in [4.69, 9.17) is 11.6 Å². The number of aryl methyl sites for hydroxylation is 2. The van der Waals surface area contributed by atoms with E-state index in [9.17, 15) is 4.79 Å². The van der Waals surface area contributed by atoms with Crippen molar-refractivity contribution < 1.29 is 4.79 Å². The van der Waals surface area contributed by atoms with Crippen LogP contribution in [0.3, 0.4) is 0 Å². The fourth-order valence-corrected chi connectivity index (χ4v) is 2.80. The van der Waals surface area contributed by atoms with E-state index in [1.54, 1.807) is 18.2 Å². The molecular formula is C15H13BrClNO. The van der Waals surface area contributed by atoms with E-state index in [0.29, 0.717) is 10.6 Å². The second-order valence-electron chi connectivity index (χ2n) is 4.49. The molecule has 2 nitrogen and oxygen atoms in total. The van der Waals surface area contributed by atoms with E-state index >= 15 is 0 Å². The summed E-state index contributed by atoms with van der Waals surface area (Å²) < 4.78 is 0.783. The molecule has 0 atom stereocenters. The Labute approximate surface area is 125 Å². The van der Waals surface area contributed by atoms with Gasteiger partial charge in [0.25, 0.3) is 5.91 Å². The van der Waals surface area contributed by atoms with Crippen molar-refractivity contribution in [3.05, 3.63) is 62.6 Å². The highest BCUT2D eigenvalue weighted by molar-refractivity contribution is 9.10. The fourth-order valence-electron chi connectivity index (χ4n) is 1.94. The summed E-state index contributed by atoms with van der Waals surface area (Å²) in [4.78, 5) is 12.2. The first-order chi connectivity index (χ1) is 8.94. The lowest BCUT2D eigenvalue weighted by molar-refractivity contribution is 0.102. The lowest BCUT2D eigenvalue weighted by Gasteiger charge is -2.08. The van der Waals surface area contributed by atoms with Crippen LogP contribution in [0.2, 0.25) is 5.02 Å². The number of nitrogens with one attached hydrogen (secondary N) is 1. The second kappa shape index (κ2) is 5.76. The summed E-state index contributed by atoms with van der Waals surface area (Å²) in [5, 5.41) is 3.40. The van der Waals surface area contributed by atoms with Crippen molar-refractivity contribution in [1.82, 2.24) is 0 Å². The van der Waals surface area contributed by atoms with Gasteiger partial charge in [-0.2, -0.15) is 0 Å². The number of carbonyl (C=O) groups is 1. The average molecular weight is 339 g/mol. The zero-order chi connectivity index (χ0) is 14.0. The van der Waals surface area contributed by atoms with Gasteiger partial charge in [-0.3, -0.25) is 4.79 Å². The maximum absolute atomic E-state index is 12.2. The molecule has 0 aliphatic carbocycles. The fraction of sp³-hybridized carbons (Fsp3) is 0.133. The lowest BCUT2D eigenvalue weighted by Crippen LogP contribution is -2.12. The normalized spacial score (nSPS) is 10.3. The molecule has 2 aromatic carbocycles. The van der Waals surface area contributed by atoms with Crippen LogP contribution in [0.1, 0.15) is 21.5 Å². The highest BCUT2D eigenvalue weighted by atomic mass is 79.9. The summed E-state index contributed by atoms with van der Waals surface area (Å²) in [7, 11) is 0. The molecule has 19 heavy (non-hydrogen) atoms. The Kier molecular flexibility index (Phi) is 4.27. The van der Waals surface area contributed by atoms with Crippen molar-refractivity contribution in [2.75, 3.05) is 5.32 Å². The highest BCUT2D eigenvalue weighted by Crippen LogP contribution is 2.21. The average Bonchev–Trinajstić information content (AvgIpc) is 2.25. The standard InChI is InChI=1S/C15H13BrClNO/c1-9-3-10(2)5-14(4-9)18-15(19)11-6-12(16)8-13(17)7-11/h3-8H,1-2H3,(H,18,19). The van der Waals surface area contributed by atoms with Crippen LogP contribution in [0.15, 0.2) is 40.9 Å². The zero-order valence-electron chi connectivity index (χ0n) is 10.6. The van der Waals surface area contributed by atoms with Crippen molar-refractivity contribution in [2.24, 2.45) is 0 Å². The van der Waals surface area contributed by atoms with Crippen molar-refractivity contribution >= 4 is 39.1 Å². The van der Waals surface area contributed by atoms with E-state index in [2.05, 4.69) is 27.3 Å². The molecule has 0 aromatic heterocycles. The maximum atomic E-state index is 12.2. The van der Waals surface area contributed by atoms with Gasteiger partial charge in [0.15, 0.2) is 0 Å². The Morgan fingerprint density at radius 3 is 2.26 bits per heavy atom. The minimum absolute atomic E-state index is 0.173. The summed E-state index contributed by atoms with van der Waals surface area (Å²) in [6.45, 7) is 4.00. The van der Waals surface area contributed by atoms with Gasteiger partial charge in [-0.1, -0.05) is 33.6 Å². The molecule has 2 aromatic rings. The molecular weight excluding hydrogens is 326 g/mol. The SMILES string of the molecule is Cc1cc(C)cc(NC(=O)c2cc(Cl)cc(Br)c2)c1. The molecule has 0 heterocycles. The quantitative estimate of drug-likeness (QED) is 0.823. The van der Waals surface area contributed by atoms with Crippen molar-refractivity contribution in [2.45, 2.75) is 13.8 Å². The van der Waals surface area contributed by atoms with Gasteiger partial charge in [0.05, 0.1) is 0 Å². The summed E-state index contributed by atoms with van der Waals surface area (Å²) in [5.74, 6) is -0.173. The zero-order valence-corrected chi connectivity index (χ0v) is 13.0. The minimum Gasteiger partial charge on any atom is -0.322 e. The summed E-state index contributed by atoms with van der Waals surface area (Å²) in [6, 6.07) is 11.1. The van der Waals surface area contributed by atoms with Crippen LogP contribution in [-0.2, 0) is 0 Å². The maximum Gasteiger partial charge on any atom is 0.255 e. The van der Waals surface area contributed by atoms with Gasteiger partial charge in [-0.15, -0.1) is 0 Å². The monoisotopic (exact) mass is 337 g/mol. The number of hydrogen-bond acceptors (Lipinski definition) is 1. The third-order valence-electron chi connectivity index (χ3n) is 2.60. The molecule has 0 saturated heterocycles. The van der Waals surface area contributed by atoms with Gasteiger partial charge >= 0.3 is 0 Å². The molecule has 1 amide bonds. The van der Waals surface area contributed by atoms with Crippen LogP contribution < -0.4 is 5.32 Å². The second-order valence-corrected chi connectivity index (χ2v) is 5.84. The molecule has 0 fully saturated rings. The van der Waals surface area contributed by atoms with Crippen LogP contribution in [-0.4, -0.2) is 5.91 Å². The van der Waals surface area contributed by atoms with Crippen molar-refractivity contribution in [1.29, 1.82) is 0 Å². The molecule has 4 heteroatoms. The number of amides is 1. The van der Waals surface area contributed by atoms with Gasteiger partial charge < -0.3 is 5.32 Å². The van der Waals surface area contributed by atoms with Crippen LogP contribution in [0, 0.1) is 13.8 Å². The predicted molar refractivity (Wildman–Crippen MR) is 83.0 cm³/mol. The molecule has 0 spiro atoms. The smallest absolute Gasteiger partial charge is 0.255 e. The van der Waals surface area contributed by atoms with Crippen LogP contribution in [0.5, 0.6) is 0 Å². The lowest BCUT2D eigenvalue weighted by atomic mass is 10.1. The molecule has 1 N–H and O–H groups in total. The topological polar surface area (TPSA) is 29.1 Å². The van der Waals surface area contributed by atoms with Crippen LogP contribution in [0.4, 0.5) is 5.69 Å². The van der Waals surface area contributed by atoms with E-state index in [1.807, 2.05) is 26.0 Å². The Morgan fingerprint density at radius 2 is 1.68 bits per heavy atom. The Balaban J connectivity index is 2.25. The first-order valence-electron chi connectivity index (χ1n) is 5.80. The number of rotatable bonds is 2. The van der Waals surface area contributed by atoms with Gasteiger partial charge in [0, 0.05) is 20.7 Å². The molecule has 0 saturated carbocycles. The summed E-state index contributed by atoms with van der Waals surface area (Å²) in [6.07, 6.45) is 0. The molecule has 0 unspecified atom stereocenters. The summed E-state index contributed by atoms with van der Waals surface area (Å²) >= 11 is 9.26. The van der Waals surface area contributed by atoms with Crippen molar-refractivity contribution in [3.63, 3.8) is 0 Å². The van der Waals surface area contributed by atoms with Gasteiger partial charge in [-0.25, -0.2) is 0 Å². The molecule has 0 radical (unpaired) electrons. The molecule has 2 rings (SSSR count). The Morgan fingerprint density at radius 1 is 1.05 bits per heavy atom. The minimum atomic E-state index is -0.173. The van der Waals surface area contributed by atoms with Gasteiger partial charge in [0.2, 0.25) is 0 Å². The molecule has 0 aliphatic rings. The van der Waals surface area contributed by atoms with Crippen LogP contribution in [0.25, 0.3) is 0 Å². The first-order valence-corrected chi connectivity index (χ1v) is 6.97. The number of halogens is 2. The van der Waals surface area contributed by atoms with E-state index in [0.717, 1.165) is 21.3 Å². The predicted octanol–water partition coefficient (Wildman–Crippen LogP) is 4.97. The number of benzene rings is 2. The van der Waals surface area contributed by atoms with E-state index < -0.39 is 0 Å². The Hall–Kier alpha value is -1.32. The number of anilines is 1. The van der Waals surface area contributed by atoms with Gasteiger partial charge in [-0.05, 0) is 55.3 Å². The Bertz CT molecular complexity index is 600. The third kappa shape index (κ3) is 3.82. The number of hydrogen-bond donors (Lipinski definition) is 1. The largest absolute Gasteiger partial charge is 0.322 e. The first kappa shape index (κ1) is 14.1. The summed E-state index contributed by atoms with van der Waals surface area (Å²) in [5.41, 5.74) is 3.54. The third-order valence-corrected chi connectivity index (χ3v) is 3.28. The van der Waals surface area contributed by atoms with Crippen LogP contribution >= 0.6 is 27.5 Å². The number of carbonyl (C=O) groups excluding carboxylic acids is 1. The van der Waals surface area contributed by atoms with Crippen molar-refractivity contribution in [3.8, 4) is 0 Å². The highest BCUT2D eigenvalue weighted by Gasteiger charge is 2.08. The molecule has 98 valence electrons.